The van der Waals surface area contributed by atoms with Crippen molar-refractivity contribution in [2.75, 3.05) is 13.1 Å². The van der Waals surface area contributed by atoms with Crippen molar-refractivity contribution in [1.29, 1.82) is 0 Å². The van der Waals surface area contributed by atoms with Gasteiger partial charge < -0.3 is 10.2 Å². The molecule has 0 unspecified atom stereocenters. The van der Waals surface area contributed by atoms with Crippen LogP contribution in [0.25, 0.3) is 0 Å². The van der Waals surface area contributed by atoms with Crippen molar-refractivity contribution in [2.45, 2.75) is 19.9 Å². The van der Waals surface area contributed by atoms with Crippen LogP contribution in [0.15, 0.2) is 48.5 Å². The van der Waals surface area contributed by atoms with Gasteiger partial charge in [-0.15, -0.1) is 0 Å². The van der Waals surface area contributed by atoms with Crippen LogP contribution in [0.5, 0.6) is 0 Å². The van der Waals surface area contributed by atoms with Gasteiger partial charge in [0.05, 0.1) is 6.42 Å². The molecule has 132 valence electrons. The van der Waals surface area contributed by atoms with Crippen molar-refractivity contribution in [1.82, 2.24) is 10.2 Å². The predicted molar refractivity (Wildman–Crippen MR) is 95.7 cm³/mol. The molecule has 0 aromatic heterocycles. The van der Waals surface area contributed by atoms with E-state index in [1.165, 1.54) is 19.1 Å². The molecule has 2 amide bonds. The van der Waals surface area contributed by atoms with E-state index >= 15 is 0 Å². The molecule has 6 heteroatoms. The third-order valence-electron chi connectivity index (χ3n) is 3.75. The molecule has 2 aromatic carbocycles. The summed E-state index contributed by atoms with van der Waals surface area (Å²) in [6.45, 7) is 2.60. The van der Waals surface area contributed by atoms with Crippen LogP contribution in [0.1, 0.15) is 18.1 Å². The molecule has 2 aromatic rings. The minimum absolute atomic E-state index is 0.0901. The van der Waals surface area contributed by atoms with Crippen LogP contribution in [0.2, 0.25) is 5.02 Å². The van der Waals surface area contributed by atoms with Crippen LogP contribution < -0.4 is 5.32 Å². The molecule has 0 aliphatic heterocycles. The first-order valence-electron chi connectivity index (χ1n) is 7.96. The molecule has 0 atom stereocenters. The summed E-state index contributed by atoms with van der Waals surface area (Å²) < 4.78 is 12.9. The first-order valence-corrected chi connectivity index (χ1v) is 8.33. The topological polar surface area (TPSA) is 49.4 Å². The van der Waals surface area contributed by atoms with Gasteiger partial charge in [-0.05, 0) is 29.3 Å². The van der Waals surface area contributed by atoms with Gasteiger partial charge >= 0.3 is 0 Å². The van der Waals surface area contributed by atoms with Crippen LogP contribution >= 0.6 is 11.6 Å². The zero-order chi connectivity index (χ0) is 18.2. The molecule has 0 aliphatic rings. The number of carbonyl (C=O) groups excluding carboxylic acids is 2. The third kappa shape index (κ3) is 6.19. The molecule has 0 bridgehead atoms. The Morgan fingerprint density at radius 2 is 1.80 bits per heavy atom. The number of nitrogens with one attached hydrogen (secondary N) is 1. The van der Waals surface area contributed by atoms with Gasteiger partial charge in [0.2, 0.25) is 11.8 Å². The Morgan fingerprint density at radius 3 is 2.44 bits per heavy atom. The van der Waals surface area contributed by atoms with Crippen molar-refractivity contribution in [3.63, 3.8) is 0 Å². The molecule has 0 saturated heterocycles. The van der Waals surface area contributed by atoms with Crippen molar-refractivity contribution < 1.29 is 14.0 Å². The molecule has 0 radical (unpaired) electrons. The smallest absolute Gasteiger partial charge is 0.224 e. The first-order chi connectivity index (χ1) is 12.0. The molecule has 4 nitrogen and oxygen atoms in total. The Balaban J connectivity index is 1.82. The fourth-order valence-corrected chi connectivity index (χ4v) is 2.56. The minimum atomic E-state index is -0.333. The standard InChI is InChI=1S/C19H20ClFN2O2/c1-14(24)23(13-16-4-2-3-5-18(16)20)11-10-22-19(25)12-15-6-8-17(21)9-7-15/h2-9H,10-13H2,1H3,(H,22,25). The average molecular weight is 363 g/mol. The Kier molecular flexibility index (Phi) is 6.95. The molecule has 2 rings (SSSR count). The van der Waals surface area contributed by atoms with Crippen molar-refractivity contribution in [2.24, 2.45) is 0 Å². The number of hydrogen-bond acceptors (Lipinski definition) is 2. The monoisotopic (exact) mass is 362 g/mol. The number of hydrogen-bond donors (Lipinski definition) is 1. The van der Waals surface area contributed by atoms with Crippen LogP contribution in [0.3, 0.4) is 0 Å². The molecule has 25 heavy (non-hydrogen) atoms. The quantitative estimate of drug-likeness (QED) is 0.822. The lowest BCUT2D eigenvalue weighted by atomic mass is 10.1. The highest BCUT2D eigenvalue weighted by atomic mass is 35.5. The number of rotatable bonds is 7. The fraction of sp³-hybridized carbons (Fsp3) is 0.263. The maximum atomic E-state index is 12.9. The number of benzene rings is 2. The Labute approximate surface area is 151 Å². The summed E-state index contributed by atoms with van der Waals surface area (Å²) in [6.07, 6.45) is 0.171. The second kappa shape index (κ2) is 9.18. The Bertz CT molecular complexity index is 734. The van der Waals surface area contributed by atoms with Crippen LogP contribution in [0.4, 0.5) is 4.39 Å². The lowest BCUT2D eigenvalue weighted by Gasteiger charge is -2.22. The Morgan fingerprint density at radius 1 is 1.12 bits per heavy atom. The maximum absolute atomic E-state index is 12.9. The summed E-state index contributed by atoms with van der Waals surface area (Å²) in [5.74, 6) is -0.596. The number of carbonyl (C=O) groups is 2. The highest BCUT2D eigenvalue weighted by Crippen LogP contribution is 2.16. The van der Waals surface area contributed by atoms with Crippen molar-refractivity contribution in [3.8, 4) is 0 Å². The summed E-state index contributed by atoms with van der Waals surface area (Å²) in [4.78, 5) is 25.3. The van der Waals surface area contributed by atoms with E-state index in [1.807, 2.05) is 18.2 Å². The zero-order valence-electron chi connectivity index (χ0n) is 14.0. The largest absolute Gasteiger partial charge is 0.354 e. The third-order valence-corrected chi connectivity index (χ3v) is 4.11. The summed E-state index contributed by atoms with van der Waals surface area (Å²) >= 11 is 6.12. The Hall–Kier alpha value is -2.40. The van der Waals surface area contributed by atoms with Crippen LogP contribution in [0, 0.1) is 5.82 Å². The number of nitrogens with zero attached hydrogens (tertiary/aromatic N) is 1. The molecule has 0 heterocycles. The molecule has 1 N–H and O–H groups in total. The highest BCUT2D eigenvalue weighted by molar-refractivity contribution is 6.31. The lowest BCUT2D eigenvalue weighted by molar-refractivity contribution is -0.130. The minimum Gasteiger partial charge on any atom is -0.354 e. The molecule has 0 aliphatic carbocycles. The van der Waals surface area contributed by atoms with Gasteiger partial charge in [0.15, 0.2) is 0 Å². The van der Waals surface area contributed by atoms with Crippen molar-refractivity contribution >= 4 is 23.4 Å². The van der Waals surface area contributed by atoms with Gasteiger partial charge in [0.25, 0.3) is 0 Å². The number of halogens is 2. The van der Waals surface area contributed by atoms with E-state index in [4.69, 9.17) is 11.6 Å². The summed E-state index contributed by atoms with van der Waals surface area (Å²) in [5, 5.41) is 3.38. The summed E-state index contributed by atoms with van der Waals surface area (Å²) in [6, 6.07) is 13.1. The second-order valence-corrected chi connectivity index (χ2v) is 6.09. The molecule has 0 spiro atoms. The van der Waals surface area contributed by atoms with Crippen LogP contribution in [-0.2, 0) is 22.6 Å². The fourth-order valence-electron chi connectivity index (χ4n) is 2.36. The van der Waals surface area contributed by atoms with Gasteiger partial charge in [-0.3, -0.25) is 9.59 Å². The summed E-state index contributed by atoms with van der Waals surface area (Å²) in [5.41, 5.74) is 1.59. The number of amides is 2. The van der Waals surface area contributed by atoms with E-state index in [1.54, 1.807) is 23.1 Å². The second-order valence-electron chi connectivity index (χ2n) is 5.69. The molecule has 0 fully saturated rings. The first kappa shape index (κ1) is 18.9. The van der Waals surface area contributed by atoms with E-state index < -0.39 is 0 Å². The van der Waals surface area contributed by atoms with Gasteiger partial charge in [-0.1, -0.05) is 41.9 Å². The SMILES string of the molecule is CC(=O)N(CCNC(=O)Cc1ccc(F)cc1)Cc1ccccc1Cl. The highest BCUT2D eigenvalue weighted by Gasteiger charge is 2.12. The van der Waals surface area contributed by atoms with Gasteiger partial charge in [-0.2, -0.15) is 0 Å². The normalized spacial score (nSPS) is 10.4. The van der Waals surface area contributed by atoms with Gasteiger partial charge in [0.1, 0.15) is 5.82 Å². The van der Waals surface area contributed by atoms with Crippen molar-refractivity contribution in [3.05, 3.63) is 70.5 Å². The molecular weight excluding hydrogens is 343 g/mol. The van der Waals surface area contributed by atoms with Gasteiger partial charge in [0, 0.05) is 31.6 Å². The lowest BCUT2D eigenvalue weighted by Crippen LogP contribution is -2.37. The van der Waals surface area contributed by atoms with E-state index in [9.17, 15) is 14.0 Å². The van der Waals surface area contributed by atoms with E-state index in [0.29, 0.717) is 24.7 Å². The predicted octanol–water partition coefficient (Wildman–Crippen LogP) is 3.19. The van der Waals surface area contributed by atoms with Gasteiger partial charge in [-0.25, -0.2) is 4.39 Å². The van der Waals surface area contributed by atoms with Crippen LogP contribution in [-0.4, -0.2) is 29.8 Å². The van der Waals surface area contributed by atoms with E-state index in [0.717, 1.165) is 11.1 Å². The zero-order valence-corrected chi connectivity index (χ0v) is 14.7. The average Bonchev–Trinajstić information content (AvgIpc) is 2.57. The summed E-state index contributed by atoms with van der Waals surface area (Å²) in [7, 11) is 0. The maximum Gasteiger partial charge on any atom is 0.224 e. The van der Waals surface area contributed by atoms with E-state index in [-0.39, 0.29) is 24.1 Å². The van der Waals surface area contributed by atoms with E-state index in [2.05, 4.69) is 5.32 Å². The molecule has 0 saturated carbocycles. The molecular formula is C19H20ClFN2O2.